The summed E-state index contributed by atoms with van der Waals surface area (Å²) in [6.07, 6.45) is 2.11. The molecule has 1 heterocycles. The molecule has 0 atom stereocenters. The summed E-state index contributed by atoms with van der Waals surface area (Å²) < 4.78 is 10.5. The van der Waals surface area contributed by atoms with Crippen molar-refractivity contribution in [1.29, 1.82) is 0 Å². The van der Waals surface area contributed by atoms with E-state index in [-0.39, 0.29) is 35.9 Å². The number of benzene rings is 3. The molecule has 3 aromatic rings. The van der Waals surface area contributed by atoms with Crippen LogP contribution in [0.2, 0.25) is 0 Å². The minimum Gasteiger partial charge on any atom is -0.497 e. The molecule has 0 bridgehead atoms. The zero-order valence-electron chi connectivity index (χ0n) is 22.1. The molecule has 4 rings (SSSR count). The monoisotopic (exact) mass is 559 g/mol. The molecule has 0 radical (unpaired) electrons. The molecule has 3 aromatic carbocycles. The van der Waals surface area contributed by atoms with Gasteiger partial charge in [0.2, 0.25) is 5.91 Å². The number of methoxy groups -OCH3 is 1. The lowest BCUT2D eigenvalue weighted by atomic mass is 10.1. The molecule has 1 saturated heterocycles. The van der Waals surface area contributed by atoms with Crippen molar-refractivity contribution in [2.24, 2.45) is 0 Å². The van der Waals surface area contributed by atoms with Crippen LogP contribution in [-0.4, -0.2) is 48.1 Å². The molecule has 4 amide bonds. The largest absolute Gasteiger partial charge is 0.497 e. The van der Waals surface area contributed by atoms with Crippen LogP contribution in [-0.2, 0) is 9.59 Å². The summed E-state index contributed by atoms with van der Waals surface area (Å²) in [4.78, 5) is 51.5. The van der Waals surface area contributed by atoms with Crippen molar-refractivity contribution >= 4 is 52.2 Å². The Kier molecular flexibility index (Phi) is 9.58. The van der Waals surface area contributed by atoms with Gasteiger partial charge in [-0.3, -0.25) is 24.1 Å². The van der Waals surface area contributed by atoms with Crippen LogP contribution in [0.4, 0.5) is 16.2 Å². The maximum Gasteiger partial charge on any atom is 0.293 e. The number of hydrogen-bond donors (Lipinski definition) is 2. The highest BCUT2D eigenvalue weighted by Gasteiger charge is 2.34. The summed E-state index contributed by atoms with van der Waals surface area (Å²) in [7, 11) is 1.57. The van der Waals surface area contributed by atoms with Crippen LogP contribution in [0.15, 0.2) is 77.7 Å². The van der Waals surface area contributed by atoms with E-state index in [1.165, 1.54) is 0 Å². The van der Waals surface area contributed by atoms with E-state index in [4.69, 9.17) is 9.47 Å². The van der Waals surface area contributed by atoms with E-state index in [2.05, 4.69) is 10.6 Å². The normalized spacial score (nSPS) is 13.8. The van der Waals surface area contributed by atoms with Crippen molar-refractivity contribution in [1.82, 2.24) is 4.90 Å². The molecule has 1 fully saturated rings. The van der Waals surface area contributed by atoms with E-state index in [0.29, 0.717) is 40.6 Å². The first kappa shape index (κ1) is 28.4. The van der Waals surface area contributed by atoms with Crippen LogP contribution in [0.1, 0.15) is 35.7 Å². The van der Waals surface area contributed by atoms with Crippen molar-refractivity contribution < 1.29 is 28.7 Å². The van der Waals surface area contributed by atoms with Crippen LogP contribution in [0.25, 0.3) is 6.08 Å². The van der Waals surface area contributed by atoms with Gasteiger partial charge in [0.1, 0.15) is 11.5 Å². The average molecular weight is 560 g/mol. The molecule has 2 N–H and O–H groups in total. The fraction of sp³-hybridized carbons (Fsp3) is 0.200. The standard InChI is InChI=1S/C30H29N3O6S/c1-3-39-25-16-12-23(13-17-25)32-28(35)21-8-10-22(11-9-21)31-27(34)5-4-18-33-29(36)26(40-30(33)37)19-20-6-14-24(38-2)15-7-20/h6-17,19H,3-5,18H2,1-2H3,(H,31,34)(H,32,35)/b26-19+. The van der Waals surface area contributed by atoms with Gasteiger partial charge in [0.25, 0.3) is 17.1 Å². The van der Waals surface area contributed by atoms with Crippen LogP contribution in [0.5, 0.6) is 11.5 Å². The second-order valence-corrected chi connectivity index (χ2v) is 9.74. The summed E-state index contributed by atoms with van der Waals surface area (Å²) in [5, 5.41) is 5.24. The van der Waals surface area contributed by atoms with Gasteiger partial charge in [0.05, 0.1) is 18.6 Å². The lowest BCUT2D eigenvalue weighted by Crippen LogP contribution is -2.29. The zero-order chi connectivity index (χ0) is 28.5. The van der Waals surface area contributed by atoms with Gasteiger partial charge in [-0.2, -0.15) is 0 Å². The highest BCUT2D eigenvalue weighted by molar-refractivity contribution is 8.18. The topological polar surface area (TPSA) is 114 Å². The Balaban J connectivity index is 1.23. The molecule has 1 aliphatic rings. The van der Waals surface area contributed by atoms with Gasteiger partial charge in [-0.1, -0.05) is 12.1 Å². The average Bonchev–Trinajstić information content (AvgIpc) is 3.22. The number of amides is 4. The molecule has 206 valence electrons. The highest BCUT2D eigenvalue weighted by Crippen LogP contribution is 2.32. The molecular weight excluding hydrogens is 530 g/mol. The first-order chi connectivity index (χ1) is 19.4. The highest BCUT2D eigenvalue weighted by atomic mass is 32.2. The molecule has 9 nitrogen and oxygen atoms in total. The van der Waals surface area contributed by atoms with Gasteiger partial charge in [0, 0.05) is 29.9 Å². The third kappa shape index (κ3) is 7.51. The van der Waals surface area contributed by atoms with Crippen LogP contribution in [0.3, 0.4) is 0 Å². The third-order valence-electron chi connectivity index (χ3n) is 5.93. The molecule has 0 spiro atoms. The first-order valence-electron chi connectivity index (χ1n) is 12.7. The Hall–Kier alpha value is -4.57. The number of hydrogen-bond acceptors (Lipinski definition) is 7. The Bertz CT molecular complexity index is 1400. The molecule has 10 heteroatoms. The van der Waals surface area contributed by atoms with Crippen LogP contribution < -0.4 is 20.1 Å². The van der Waals surface area contributed by atoms with Gasteiger partial charge in [-0.05, 0) is 97.4 Å². The second-order valence-electron chi connectivity index (χ2n) is 8.75. The SMILES string of the molecule is CCOc1ccc(NC(=O)c2ccc(NC(=O)CCCN3C(=O)S/C(=C/c4ccc(OC)cc4)C3=O)cc2)cc1. The van der Waals surface area contributed by atoms with Gasteiger partial charge in [0.15, 0.2) is 0 Å². The van der Waals surface area contributed by atoms with Crippen molar-refractivity contribution in [3.05, 3.63) is 88.8 Å². The van der Waals surface area contributed by atoms with Crippen LogP contribution >= 0.6 is 11.8 Å². The predicted octanol–water partition coefficient (Wildman–Crippen LogP) is 5.80. The van der Waals surface area contributed by atoms with Gasteiger partial charge in [-0.25, -0.2) is 0 Å². The zero-order valence-corrected chi connectivity index (χ0v) is 23.0. The Morgan fingerprint density at radius 2 is 1.50 bits per heavy atom. The number of rotatable bonds is 11. The molecule has 0 unspecified atom stereocenters. The van der Waals surface area contributed by atoms with Crippen LogP contribution in [0, 0.1) is 0 Å². The van der Waals surface area contributed by atoms with Crippen molar-refractivity contribution in [2.75, 3.05) is 30.9 Å². The molecule has 0 aliphatic carbocycles. The predicted molar refractivity (Wildman–Crippen MR) is 156 cm³/mol. The number of ether oxygens (including phenoxy) is 2. The van der Waals surface area contributed by atoms with Gasteiger partial charge in [-0.15, -0.1) is 0 Å². The van der Waals surface area contributed by atoms with E-state index >= 15 is 0 Å². The number of anilines is 2. The molecule has 1 aliphatic heterocycles. The number of carbonyl (C=O) groups is 4. The quantitative estimate of drug-likeness (QED) is 0.285. The Morgan fingerprint density at radius 1 is 0.875 bits per heavy atom. The Labute approximate surface area is 236 Å². The summed E-state index contributed by atoms with van der Waals surface area (Å²) in [5.41, 5.74) is 2.40. The maximum absolute atomic E-state index is 12.7. The number of carbonyl (C=O) groups excluding carboxylic acids is 4. The Morgan fingerprint density at radius 3 is 2.15 bits per heavy atom. The number of imide groups is 1. The molecule has 0 saturated carbocycles. The number of nitrogens with one attached hydrogen (secondary N) is 2. The van der Waals surface area contributed by atoms with E-state index in [0.717, 1.165) is 28.0 Å². The van der Waals surface area contributed by atoms with Crippen molar-refractivity contribution in [3.63, 3.8) is 0 Å². The maximum atomic E-state index is 12.7. The number of nitrogens with zero attached hydrogens (tertiary/aromatic N) is 1. The van der Waals surface area contributed by atoms with Crippen molar-refractivity contribution in [2.45, 2.75) is 19.8 Å². The molecule has 40 heavy (non-hydrogen) atoms. The van der Waals surface area contributed by atoms with E-state index < -0.39 is 0 Å². The van der Waals surface area contributed by atoms with E-state index in [1.807, 2.05) is 6.92 Å². The van der Waals surface area contributed by atoms with E-state index in [1.54, 1.807) is 86.0 Å². The van der Waals surface area contributed by atoms with Gasteiger partial charge < -0.3 is 20.1 Å². The van der Waals surface area contributed by atoms with Gasteiger partial charge >= 0.3 is 0 Å². The minimum absolute atomic E-state index is 0.124. The minimum atomic E-state index is -0.370. The second kappa shape index (κ2) is 13.5. The summed E-state index contributed by atoms with van der Waals surface area (Å²) in [5.74, 6) is 0.521. The van der Waals surface area contributed by atoms with E-state index in [9.17, 15) is 19.2 Å². The molecular formula is C30H29N3O6S. The van der Waals surface area contributed by atoms with Crippen molar-refractivity contribution in [3.8, 4) is 11.5 Å². The molecule has 0 aromatic heterocycles. The first-order valence-corrected chi connectivity index (χ1v) is 13.5. The smallest absolute Gasteiger partial charge is 0.293 e. The number of thioether (sulfide) groups is 1. The summed E-state index contributed by atoms with van der Waals surface area (Å²) >= 11 is 0.883. The lowest BCUT2D eigenvalue weighted by Gasteiger charge is -2.12. The lowest BCUT2D eigenvalue weighted by molar-refractivity contribution is -0.123. The fourth-order valence-corrected chi connectivity index (χ4v) is 4.74. The third-order valence-corrected chi connectivity index (χ3v) is 6.83. The summed E-state index contributed by atoms with van der Waals surface area (Å²) in [6, 6.07) is 20.8. The fourth-order valence-electron chi connectivity index (χ4n) is 3.87. The summed E-state index contributed by atoms with van der Waals surface area (Å²) in [6.45, 7) is 2.61.